The summed E-state index contributed by atoms with van der Waals surface area (Å²) in [7, 11) is 3.17. The highest BCUT2D eigenvalue weighted by molar-refractivity contribution is 5.60. The van der Waals surface area contributed by atoms with Crippen molar-refractivity contribution < 1.29 is 14.0 Å². The van der Waals surface area contributed by atoms with Crippen LogP contribution in [0.1, 0.15) is 31.7 Å². The number of aromatic nitrogens is 2. The Bertz CT molecular complexity index is 569. The summed E-state index contributed by atoms with van der Waals surface area (Å²) in [4.78, 5) is 4.33. The molecule has 0 fully saturated rings. The van der Waals surface area contributed by atoms with E-state index >= 15 is 0 Å². The Morgan fingerprint density at radius 2 is 2.00 bits per heavy atom. The molecular formula is C14H19N3O3. The first-order valence-corrected chi connectivity index (χ1v) is 6.51. The van der Waals surface area contributed by atoms with E-state index < -0.39 is 0 Å². The van der Waals surface area contributed by atoms with Crippen LogP contribution in [0.25, 0.3) is 11.4 Å². The molecule has 1 heterocycles. The molecule has 0 saturated carbocycles. The van der Waals surface area contributed by atoms with E-state index in [0.29, 0.717) is 23.2 Å². The smallest absolute Gasteiger partial charge is 0.243 e. The molecule has 0 aliphatic heterocycles. The lowest BCUT2D eigenvalue weighted by atomic mass is 10.1. The van der Waals surface area contributed by atoms with Gasteiger partial charge in [0.2, 0.25) is 11.7 Å². The Balaban J connectivity index is 2.28. The maximum absolute atomic E-state index is 5.96. The molecule has 6 nitrogen and oxygen atoms in total. The predicted molar refractivity (Wildman–Crippen MR) is 74.7 cm³/mol. The highest BCUT2D eigenvalue weighted by atomic mass is 16.5. The second-order valence-corrected chi connectivity index (χ2v) is 4.42. The zero-order valence-electron chi connectivity index (χ0n) is 11.9. The Labute approximate surface area is 117 Å². The van der Waals surface area contributed by atoms with Gasteiger partial charge in [0.1, 0.15) is 0 Å². The van der Waals surface area contributed by atoms with Gasteiger partial charge in [-0.05, 0) is 24.6 Å². The minimum atomic E-state index is -0.221. The summed E-state index contributed by atoms with van der Waals surface area (Å²) >= 11 is 0. The number of hydrogen-bond acceptors (Lipinski definition) is 6. The second kappa shape index (κ2) is 6.38. The van der Waals surface area contributed by atoms with Crippen LogP contribution in [-0.2, 0) is 0 Å². The fourth-order valence-corrected chi connectivity index (χ4v) is 1.91. The van der Waals surface area contributed by atoms with Crippen LogP contribution in [0.3, 0.4) is 0 Å². The third-order valence-corrected chi connectivity index (χ3v) is 3.00. The number of nitrogens with two attached hydrogens (primary N) is 1. The number of rotatable bonds is 6. The second-order valence-electron chi connectivity index (χ2n) is 4.42. The van der Waals surface area contributed by atoms with Crippen LogP contribution in [0.5, 0.6) is 11.5 Å². The summed E-state index contributed by atoms with van der Waals surface area (Å²) in [5, 5.41) is 3.96. The van der Waals surface area contributed by atoms with Crippen molar-refractivity contribution in [3.63, 3.8) is 0 Å². The van der Waals surface area contributed by atoms with Crippen LogP contribution in [-0.4, -0.2) is 24.4 Å². The van der Waals surface area contributed by atoms with Crippen molar-refractivity contribution in [3.05, 3.63) is 24.1 Å². The fourth-order valence-electron chi connectivity index (χ4n) is 1.91. The summed E-state index contributed by atoms with van der Waals surface area (Å²) in [6, 6.07) is 5.23. The lowest BCUT2D eigenvalue weighted by Crippen LogP contribution is -2.09. The maximum Gasteiger partial charge on any atom is 0.243 e. The van der Waals surface area contributed by atoms with E-state index in [9.17, 15) is 0 Å². The van der Waals surface area contributed by atoms with E-state index in [1.54, 1.807) is 26.4 Å². The molecule has 0 spiro atoms. The minimum Gasteiger partial charge on any atom is -0.493 e. The van der Waals surface area contributed by atoms with Gasteiger partial charge in [0, 0.05) is 5.56 Å². The Hall–Kier alpha value is -2.08. The molecule has 0 bridgehead atoms. The van der Waals surface area contributed by atoms with Crippen molar-refractivity contribution in [2.24, 2.45) is 5.73 Å². The van der Waals surface area contributed by atoms with E-state index in [2.05, 4.69) is 17.1 Å². The van der Waals surface area contributed by atoms with E-state index in [1.807, 2.05) is 6.07 Å². The first-order chi connectivity index (χ1) is 9.69. The third kappa shape index (κ3) is 2.91. The van der Waals surface area contributed by atoms with Crippen LogP contribution in [0, 0.1) is 0 Å². The molecule has 0 aliphatic carbocycles. The van der Waals surface area contributed by atoms with E-state index in [1.165, 1.54) is 0 Å². The molecule has 2 aromatic rings. The molecule has 6 heteroatoms. The fraction of sp³-hybridized carbons (Fsp3) is 0.429. The molecule has 1 aromatic heterocycles. The van der Waals surface area contributed by atoms with Crippen molar-refractivity contribution in [2.45, 2.75) is 25.8 Å². The summed E-state index contributed by atoms with van der Waals surface area (Å²) in [6.07, 6.45) is 1.78. The topological polar surface area (TPSA) is 83.4 Å². The average Bonchev–Trinajstić information content (AvgIpc) is 2.96. The molecule has 1 atom stereocenters. The average molecular weight is 277 g/mol. The van der Waals surface area contributed by atoms with Crippen molar-refractivity contribution in [1.82, 2.24) is 10.1 Å². The van der Waals surface area contributed by atoms with Crippen LogP contribution < -0.4 is 15.2 Å². The van der Waals surface area contributed by atoms with Gasteiger partial charge in [0.15, 0.2) is 11.5 Å². The van der Waals surface area contributed by atoms with Gasteiger partial charge >= 0.3 is 0 Å². The molecule has 0 amide bonds. The van der Waals surface area contributed by atoms with Gasteiger partial charge in [0.05, 0.1) is 20.3 Å². The van der Waals surface area contributed by atoms with Crippen LogP contribution in [0.2, 0.25) is 0 Å². The molecule has 2 N–H and O–H groups in total. The summed E-state index contributed by atoms with van der Waals surface area (Å²) in [5.74, 6) is 2.22. The number of benzene rings is 1. The Morgan fingerprint density at radius 3 is 2.65 bits per heavy atom. The zero-order valence-corrected chi connectivity index (χ0v) is 11.9. The molecule has 20 heavy (non-hydrogen) atoms. The Morgan fingerprint density at radius 1 is 1.25 bits per heavy atom. The molecular weight excluding hydrogens is 258 g/mol. The van der Waals surface area contributed by atoms with Crippen molar-refractivity contribution in [1.29, 1.82) is 0 Å². The standard InChI is InChI=1S/C14H19N3O3/c1-4-5-10(15)14-16-13(17-20-14)9-6-7-11(18-2)12(8-9)19-3/h6-8,10H,4-5,15H2,1-3H3/t10-/m0/s1. The monoisotopic (exact) mass is 277 g/mol. The molecule has 0 unspecified atom stereocenters. The van der Waals surface area contributed by atoms with Gasteiger partial charge in [0.25, 0.3) is 0 Å². The molecule has 0 saturated heterocycles. The molecule has 108 valence electrons. The maximum atomic E-state index is 5.96. The minimum absolute atomic E-state index is 0.221. The highest BCUT2D eigenvalue weighted by Gasteiger charge is 2.16. The van der Waals surface area contributed by atoms with Crippen LogP contribution >= 0.6 is 0 Å². The predicted octanol–water partition coefficient (Wildman–Crippen LogP) is 2.55. The normalized spacial score (nSPS) is 12.2. The quantitative estimate of drug-likeness (QED) is 0.873. The van der Waals surface area contributed by atoms with Gasteiger partial charge in [-0.3, -0.25) is 0 Å². The number of ether oxygens (including phenoxy) is 2. The zero-order chi connectivity index (χ0) is 14.5. The molecule has 0 aliphatic rings. The summed E-state index contributed by atoms with van der Waals surface area (Å²) in [5.41, 5.74) is 6.75. The molecule has 0 radical (unpaired) electrons. The van der Waals surface area contributed by atoms with Gasteiger partial charge in [-0.25, -0.2) is 0 Å². The van der Waals surface area contributed by atoms with Crippen molar-refractivity contribution in [2.75, 3.05) is 14.2 Å². The van der Waals surface area contributed by atoms with Crippen LogP contribution in [0.4, 0.5) is 0 Å². The van der Waals surface area contributed by atoms with Crippen LogP contribution in [0.15, 0.2) is 22.7 Å². The number of nitrogens with zero attached hydrogens (tertiary/aromatic N) is 2. The number of methoxy groups -OCH3 is 2. The van der Waals surface area contributed by atoms with Crippen molar-refractivity contribution in [3.8, 4) is 22.9 Å². The lowest BCUT2D eigenvalue weighted by molar-refractivity contribution is 0.348. The first-order valence-electron chi connectivity index (χ1n) is 6.51. The number of hydrogen-bond donors (Lipinski definition) is 1. The van der Waals surface area contributed by atoms with E-state index in [4.69, 9.17) is 19.7 Å². The van der Waals surface area contributed by atoms with E-state index in [-0.39, 0.29) is 6.04 Å². The highest BCUT2D eigenvalue weighted by Crippen LogP contribution is 2.31. The van der Waals surface area contributed by atoms with Gasteiger partial charge in [-0.2, -0.15) is 4.98 Å². The van der Waals surface area contributed by atoms with E-state index in [0.717, 1.165) is 18.4 Å². The first kappa shape index (κ1) is 14.3. The van der Waals surface area contributed by atoms with Gasteiger partial charge in [-0.1, -0.05) is 18.5 Å². The van der Waals surface area contributed by atoms with Crippen molar-refractivity contribution >= 4 is 0 Å². The summed E-state index contributed by atoms with van der Waals surface area (Å²) < 4.78 is 15.7. The largest absolute Gasteiger partial charge is 0.493 e. The molecule has 1 aromatic carbocycles. The van der Waals surface area contributed by atoms with Gasteiger partial charge in [-0.15, -0.1) is 0 Å². The third-order valence-electron chi connectivity index (χ3n) is 3.00. The lowest BCUT2D eigenvalue weighted by Gasteiger charge is -2.07. The summed E-state index contributed by atoms with van der Waals surface area (Å²) in [6.45, 7) is 2.06. The molecule has 2 rings (SSSR count). The Kier molecular flexibility index (Phi) is 4.57. The SMILES string of the molecule is CCC[C@H](N)c1nc(-c2ccc(OC)c(OC)c2)no1. The van der Waals surface area contributed by atoms with Gasteiger partial charge < -0.3 is 19.7 Å².